The highest BCUT2D eigenvalue weighted by Gasteiger charge is 2.31. The normalized spacial score (nSPS) is 12.5. The van der Waals surface area contributed by atoms with E-state index < -0.39 is 17.8 Å². The van der Waals surface area contributed by atoms with E-state index in [-0.39, 0.29) is 30.9 Å². The standard InChI is InChI=1S/C28H30F2N2O3/c1-3-20(2)31-28(34)26(17-21-7-5-4-6-8-21)32(18-22-9-11-23(29)12-10-22)27(33)19-35-25-15-13-24(30)14-16-25/h4-16,20,26H,3,17-19H2,1-2H3,(H,31,34)/t20-,26-/m1/s1. The maximum atomic E-state index is 13.5. The fraction of sp³-hybridized carbons (Fsp3) is 0.286. The molecule has 5 nitrogen and oxygen atoms in total. The van der Waals surface area contributed by atoms with Crippen LogP contribution in [0.3, 0.4) is 0 Å². The number of carbonyl (C=O) groups excluding carboxylic acids is 2. The van der Waals surface area contributed by atoms with E-state index in [2.05, 4.69) is 5.32 Å². The second-order valence-electron chi connectivity index (χ2n) is 8.41. The molecule has 3 rings (SSSR count). The third-order valence-corrected chi connectivity index (χ3v) is 5.71. The highest BCUT2D eigenvalue weighted by molar-refractivity contribution is 5.88. The fourth-order valence-electron chi connectivity index (χ4n) is 3.54. The van der Waals surface area contributed by atoms with E-state index in [0.717, 1.165) is 12.0 Å². The monoisotopic (exact) mass is 480 g/mol. The van der Waals surface area contributed by atoms with Gasteiger partial charge in [0.15, 0.2) is 6.61 Å². The summed E-state index contributed by atoms with van der Waals surface area (Å²) in [5.74, 6) is -1.16. The van der Waals surface area contributed by atoms with Gasteiger partial charge in [-0.1, -0.05) is 49.4 Å². The van der Waals surface area contributed by atoms with E-state index in [0.29, 0.717) is 17.7 Å². The maximum absolute atomic E-state index is 13.5. The number of nitrogens with one attached hydrogen (secondary N) is 1. The second kappa shape index (κ2) is 12.6. The van der Waals surface area contributed by atoms with Gasteiger partial charge in [-0.3, -0.25) is 9.59 Å². The minimum absolute atomic E-state index is 0.0704. The van der Waals surface area contributed by atoms with E-state index in [9.17, 15) is 18.4 Å². The number of carbonyl (C=O) groups is 2. The van der Waals surface area contributed by atoms with Crippen LogP contribution in [-0.4, -0.2) is 35.4 Å². The van der Waals surface area contributed by atoms with Crippen molar-refractivity contribution in [3.8, 4) is 5.75 Å². The third-order valence-electron chi connectivity index (χ3n) is 5.71. The molecule has 0 aliphatic rings. The number of rotatable bonds is 11. The summed E-state index contributed by atoms with van der Waals surface area (Å²) in [5.41, 5.74) is 1.57. The number of benzene rings is 3. The predicted octanol–water partition coefficient (Wildman–Crippen LogP) is 4.90. The molecule has 1 N–H and O–H groups in total. The van der Waals surface area contributed by atoms with Crippen molar-refractivity contribution in [3.63, 3.8) is 0 Å². The fourth-order valence-corrected chi connectivity index (χ4v) is 3.54. The first-order valence-electron chi connectivity index (χ1n) is 11.6. The Morgan fingerprint density at radius 1 is 0.886 bits per heavy atom. The number of amides is 2. The van der Waals surface area contributed by atoms with Crippen molar-refractivity contribution >= 4 is 11.8 Å². The van der Waals surface area contributed by atoms with Crippen molar-refractivity contribution in [2.24, 2.45) is 0 Å². The minimum atomic E-state index is -0.819. The smallest absolute Gasteiger partial charge is 0.261 e. The van der Waals surface area contributed by atoms with Crippen LogP contribution in [0.2, 0.25) is 0 Å². The van der Waals surface area contributed by atoms with Crippen LogP contribution in [0.25, 0.3) is 0 Å². The Bertz CT molecular complexity index is 1090. The molecule has 0 radical (unpaired) electrons. The number of hydrogen-bond acceptors (Lipinski definition) is 3. The summed E-state index contributed by atoms with van der Waals surface area (Å²) >= 11 is 0. The molecule has 0 bridgehead atoms. The molecule has 3 aromatic rings. The Morgan fingerprint density at radius 3 is 2.09 bits per heavy atom. The summed E-state index contributed by atoms with van der Waals surface area (Å²) in [6, 6.07) is 19.7. The zero-order valence-corrected chi connectivity index (χ0v) is 19.9. The van der Waals surface area contributed by atoms with Gasteiger partial charge in [0.05, 0.1) is 0 Å². The average Bonchev–Trinajstić information content (AvgIpc) is 2.87. The quantitative estimate of drug-likeness (QED) is 0.425. The van der Waals surface area contributed by atoms with Gasteiger partial charge < -0.3 is 15.0 Å². The molecule has 0 aromatic heterocycles. The molecule has 0 saturated heterocycles. The Hall–Kier alpha value is -3.74. The molecule has 2 atom stereocenters. The highest BCUT2D eigenvalue weighted by atomic mass is 19.1. The second-order valence-corrected chi connectivity index (χ2v) is 8.41. The molecule has 184 valence electrons. The molecule has 35 heavy (non-hydrogen) atoms. The minimum Gasteiger partial charge on any atom is -0.484 e. The summed E-state index contributed by atoms with van der Waals surface area (Å²) in [7, 11) is 0. The molecule has 0 fully saturated rings. The molecule has 0 unspecified atom stereocenters. The van der Waals surface area contributed by atoms with Crippen molar-refractivity contribution in [1.29, 1.82) is 0 Å². The lowest BCUT2D eigenvalue weighted by Crippen LogP contribution is -2.53. The van der Waals surface area contributed by atoms with E-state index in [1.165, 1.54) is 41.3 Å². The zero-order chi connectivity index (χ0) is 25.2. The molecule has 0 spiro atoms. The summed E-state index contributed by atoms with van der Waals surface area (Å²) in [5, 5.41) is 2.98. The largest absolute Gasteiger partial charge is 0.484 e. The number of hydrogen-bond donors (Lipinski definition) is 1. The van der Waals surface area contributed by atoms with Crippen molar-refractivity contribution < 1.29 is 23.1 Å². The van der Waals surface area contributed by atoms with Crippen LogP contribution >= 0.6 is 0 Å². The molecule has 0 saturated carbocycles. The van der Waals surface area contributed by atoms with Crippen molar-refractivity contribution in [3.05, 3.63) is 102 Å². The summed E-state index contributed by atoms with van der Waals surface area (Å²) in [6.07, 6.45) is 1.04. The van der Waals surface area contributed by atoms with Gasteiger partial charge in [0, 0.05) is 19.0 Å². The molecule has 0 aliphatic heterocycles. The zero-order valence-electron chi connectivity index (χ0n) is 19.9. The topological polar surface area (TPSA) is 58.6 Å². The van der Waals surface area contributed by atoms with Crippen molar-refractivity contribution in [2.75, 3.05) is 6.61 Å². The molecule has 2 amide bonds. The lowest BCUT2D eigenvalue weighted by molar-refractivity contribution is -0.143. The van der Waals surface area contributed by atoms with Gasteiger partial charge in [-0.25, -0.2) is 8.78 Å². The molecule has 0 aliphatic carbocycles. The van der Waals surface area contributed by atoms with E-state index >= 15 is 0 Å². The molecule has 3 aromatic carbocycles. The van der Waals surface area contributed by atoms with Crippen molar-refractivity contribution in [1.82, 2.24) is 10.2 Å². The van der Waals surface area contributed by atoms with Crippen LogP contribution in [-0.2, 0) is 22.6 Å². The number of ether oxygens (including phenoxy) is 1. The van der Waals surface area contributed by atoms with Gasteiger partial charge >= 0.3 is 0 Å². The van der Waals surface area contributed by atoms with Gasteiger partial charge in [-0.05, 0) is 60.9 Å². The Morgan fingerprint density at radius 2 is 1.49 bits per heavy atom. The Kier molecular flexibility index (Phi) is 9.35. The van der Waals surface area contributed by atoms with E-state index in [1.54, 1.807) is 12.1 Å². The van der Waals surface area contributed by atoms with Gasteiger partial charge in [0.25, 0.3) is 5.91 Å². The van der Waals surface area contributed by atoms with Crippen LogP contribution in [0, 0.1) is 11.6 Å². The summed E-state index contributed by atoms with van der Waals surface area (Å²) < 4.78 is 32.3. The van der Waals surface area contributed by atoms with Crippen LogP contribution < -0.4 is 10.1 Å². The van der Waals surface area contributed by atoms with Gasteiger partial charge in [-0.15, -0.1) is 0 Å². The lowest BCUT2D eigenvalue weighted by Gasteiger charge is -2.32. The van der Waals surface area contributed by atoms with Crippen LogP contribution in [0.5, 0.6) is 5.75 Å². The van der Waals surface area contributed by atoms with E-state index in [4.69, 9.17) is 4.74 Å². The number of nitrogens with zero attached hydrogens (tertiary/aromatic N) is 1. The first kappa shape index (κ1) is 25.9. The first-order chi connectivity index (χ1) is 16.9. The summed E-state index contributed by atoms with van der Waals surface area (Å²) in [4.78, 5) is 28.3. The van der Waals surface area contributed by atoms with Gasteiger partial charge in [-0.2, -0.15) is 0 Å². The Balaban J connectivity index is 1.89. The average molecular weight is 481 g/mol. The molecular weight excluding hydrogens is 450 g/mol. The maximum Gasteiger partial charge on any atom is 0.261 e. The predicted molar refractivity (Wildman–Crippen MR) is 131 cm³/mol. The molecular formula is C28H30F2N2O3. The Labute approximate surface area is 204 Å². The van der Waals surface area contributed by atoms with Gasteiger partial charge in [0.2, 0.25) is 5.91 Å². The highest BCUT2D eigenvalue weighted by Crippen LogP contribution is 2.17. The lowest BCUT2D eigenvalue weighted by atomic mass is 10.0. The molecule has 7 heteroatoms. The van der Waals surface area contributed by atoms with Crippen LogP contribution in [0.15, 0.2) is 78.9 Å². The van der Waals surface area contributed by atoms with Crippen LogP contribution in [0.1, 0.15) is 31.4 Å². The first-order valence-corrected chi connectivity index (χ1v) is 11.6. The molecule has 0 heterocycles. The van der Waals surface area contributed by atoms with Crippen LogP contribution in [0.4, 0.5) is 8.78 Å². The van der Waals surface area contributed by atoms with Crippen molar-refractivity contribution in [2.45, 2.75) is 45.3 Å². The van der Waals surface area contributed by atoms with Gasteiger partial charge in [0.1, 0.15) is 23.4 Å². The number of halogens is 2. The summed E-state index contributed by atoms with van der Waals surface area (Å²) in [6.45, 7) is 3.63. The van der Waals surface area contributed by atoms with E-state index in [1.807, 2.05) is 44.2 Å². The SMILES string of the molecule is CC[C@@H](C)NC(=O)[C@@H](Cc1ccccc1)N(Cc1ccc(F)cc1)C(=O)COc1ccc(F)cc1. The third kappa shape index (κ3) is 7.91.